The van der Waals surface area contributed by atoms with Gasteiger partial charge in [0, 0.05) is 24.2 Å². The summed E-state index contributed by atoms with van der Waals surface area (Å²) in [4.78, 5) is 32.2. The van der Waals surface area contributed by atoms with Crippen LogP contribution >= 0.6 is 0 Å². The molecule has 3 aromatic rings. The third kappa shape index (κ3) is 4.22. The van der Waals surface area contributed by atoms with Crippen LogP contribution in [0.1, 0.15) is 30.9 Å². The van der Waals surface area contributed by atoms with E-state index in [0.717, 1.165) is 53.0 Å². The number of nitrogens with one attached hydrogen (secondary N) is 1. The molecule has 1 amide bonds. The third-order valence-corrected chi connectivity index (χ3v) is 5.63. The average Bonchev–Trinajstić information content (AvgIpc) is 2.69. The number of anilines is 2. The third-order valence-electron chi connectivity index (χ3n) is 5.63. The fraction of sp³-hybridized carbons (Fsp3) is 0.375. The van der Waals surface area contributed by atoms with Gasteiger partial charge in [0.05, 0.1) is 5.52 Å². The molecular formula is C24H28N4O2. The van der Waals surface area contributed by atoms with Crippen molar-refractivity contribution in [1.82, 2.24) is 9.55 Å². The Kier molecular flexibility index (Phi) is 5.57. The van der Waals surface area contributed by atoms with Crippen LogP contribution in [0.25, 0.3) is 10.9 Å². The molecule has 4 rings (SSSR count). The largest absolute Gasteiger partial charge is 0.356 e. The minimum atomic E-state index is -0.391. The van der Waals surface area contributed by atoms with Crippen molar-refractivity contribution in [3.8, 4) is 0 Å². The summed E-state index contributed by atoms with van der Waals surface area (Å²) in [5, 5.41) is 3.82. The number of rotatable bonds is 4. The van der Waals surface area contributed by atoms with E-state index in [1.54, 1.807) is 0 Å². The zero-order valence-corrected chi connectivity index (χ0v) is 17.8. The van der Waals surface area contributed by atoms with Crippen molar-refractivity contribution in [2.24, 2.45) is 5.92 Å². The van der Waals surface area contributed by atoms with Gasteiger partial charge in [-0.25, -0.2) is 4.79 Å². The van der Waals surface area contributed by atoms with Gasteiger partial charge in [0.2, 0.25) is 5.91 Å². The van der Waals surface area contributed by atoms with E-state index in [4.69, 9.17) is 0 Å². The first-order valence-electron chi connectivity index (χ1n) is 10.5. The predicted molar refractivity (Wildman–Crippen MR) is 121 cm³/mol. The Hall–Kier alpha value is -3.15. The van der Waals surface area contributed by atoms with Gasteiger partial charge in [-0.3, -0.25) is 9.36 Å². The normalized spacial score (nSPS) is 16.6. The number of hydrogen-bond acceptors (Lipinski definition) is 4. The number of benzene rings is 2. The molecule has 156 valence electrons. The molecule has 0 radical (unpaired) electrons. The van der Waals surface area contributed by atoms with Crippen LogP contribution in [0.15, 0.2) is 47.3 Å². The maximum atomic E-state index is 12.9. The van der Waals surface area contributed by atoms with E-state index < -0.39 is 5.69 Å². The quantitative estimate of drug-likeness (QED) is 0.716. The number of para-hydroxylation sites is 1. The molecule has 6 heteroatoms. The number of piperidine rings is 1. The van der Waals surface area contributed by atoms with E-state index in [2.05, 4.69) is 28.2 Å². The Labute approximate surface area is 176 Å². The number of aromatic nitrogens is 2. The lowest BCUT2D eigenvalue weighted by molar-refractivity contribution is -0.116. The predicted octanol–water partition coefficient (Wildman–Crippen LogP) is 3.89. The summed E-state index contributed by atoms with van der Waals surface area (Å²) < 4.78 is 1.46. The number of aryl methyl sites for hydroxylation is 2. The Balaban J connectivity index is 1.66. The second kappa shape index (κ2) is 8.30. The van der Waals surface area contributed by atoms with Crippen LogP contribution in [-0.2, 0) is 11.3 Å². The molecule has 1 atom stereocenters. The van der Waals surface area contributed by atoms with Crippen LogP contribution < -0.4 is 15.9 Å². The van der Waals surface area contributed by atoms with Crippen molar-refractivity contribution in [1.29, 1.82) is 0 Å². The summed E-state index contributed by atoms with van der Waals surface area (Å²) in [6.07, 6.45) is 2.29. The van der Waals surface area contributed by atoms with Crippen molar-refractivity contribution < 1.29 is 4.79 Å². The summed E-state index contributed by atoms with van der Waals surface area (Å²) in [5.74, 6) is 1.06. The van der Waals surface area contributed by atoms with E-state index in [1.165, 1.54) is 11.0 Å². The molecule has 0 spiro atoms. The van der Waals surface area contributed by atoms with Crippen LogP contribution in [-0.4, -0.2) is 28.5 Å². The Morgan fingerprint density at radius 2 is 1.90 bits per heavy atom. The zero-order valence-electron chi connectivity index (χ0n) is 17.8. The summed E-state index contributed by atoms with van der Waals surface area (Å²) >= 11 is 0. The van der Waals surface area contributed by atoms with Crippen LogP contribution in [0.2, 0.25) is 0 Å². The molecule has 0 bridgehead atoms. The molecule has 1 N–H and O–H groups in total. The molecule has 6 nitrogen and oxygen atoms in total. The van der Waals surface area contributed by atoms with Gasteiger partial charge in [-0.1, -0.05) is 25.1 Å². The zero-order chi connectivity index (χ0) is 21.3. The minimum Gasteiger partial charge on any atom is -0.356 e. The summed E-state index contributed by atoms with van der Waals surface area (Å²) in [7, 11) is 0. The molecule has 0 aliphatic carbocycles. The van der Waals surface area contributed by atoms with Crippen LogP contribution in [0.3, 0.4) is 0 Å². The molecule has 1 aliphatic rings. The Morgan fingerprint density at radius 1 is 1.17 bits per heavy atom. The van der Waals surface area contributed by atoms with Crippen molar-refractivity contribution in [3.05, 3.63) is 64.1 Å². The van der Waals surface area contributed by atoms with Crippen molar-refractivity contribution in [2.75, 3.05) is 23.3 Å². The highest BCUT2D eigenvalue weighted by atomic mass is 16.2. The fourth-order valence-corrected chi connectivity index (χ4v) is 4.38. The Bertz CT molecular complexity index is 1130. The number of nitrogens with zero attached hydrogens (tertiary/aromatic N) is 3. The van der Waals surface area contributed by atoms with Gasteiger partial charge >= 0.3 is 5.69 Å². The van der Waals surface area contributed by atoms with E-state index in [-0.39, 0.29) is 12.5 Å². The highest BCUT2D eigenvalue weighted by Gasteiger charge is 2.22. The topological polar surface area (TPSA) is 67.2 Å². The molecule has 1 unspecified atom stereocenters. The lowest BCUT2D eigenvalue weighted by Crippen LogP contribution is -2.38. The van der Waals surface area contributed by atoms with Gasteiger partial charge in [-0.15, -0.1) is 0 Å². The fourth-order valence-electron chi connectivity index (χ4n) is 4.38. The van der Waals surface area contributed by atoms with Gasteiger partial charge in [0.25, 0.3) is 0 Å². The van der Waals surface area contributed by atoms with Crippen LogP contribution in [0, 0.1) is 19.8 Å². The van der Waals surface area contributed by atoms with E-state index in [0.29, 0.717) is 5.92 Å². The summed E-state index contributed by atoms with van der Waals surface area (Å²) in [5.41, 5.74) is 3.24. The molecule has 0 saturated carbocycles. The van der Waals surface area contributed by atoms with Crippen LogP contribution in [0.4, 0.5) is 11.5 Å². The van der Waals surface area contributed by atoms with Gasteiger partial charge in [-0.2, -0.15) is 4.98 Å². The maximum Gasteiger partial charge on any atom is 0.350 e. The second-order valence-electron chi connectivity index (χ2n) is 8.44. The van der Waals surface area contributed by atoms with E-state index in [1.807, 2.05) is 50.2 Å². The van der Waals surface area contributed by atoms with Gasteiger partial charge in [0.15, 0.2) is 0 Å². The standard InChI is InChI=1S/C24H28N4O2/c1-16-7-6-10-27(14-16)23-20-8-4-5-9-21(20)28(24(30)26-23)15-22(29)25-19-12-17(2)11-18(3)13-19/h4-5,8-9,11-13,16H,6-7,10,14-15H2,1-3H3,(H,25,29). The minimum absolute atomic E-state index is 0.0734. The molecule has 1 fully saturated rings. The highest BCUT2D eigenvalue weighted by molar-refractivity contribution is 5.94. The van der Waals surface area contributed by atoms with Gasteiger partial charge in [0.1, 0.15) is 12.4 Å². The van der Waals surface area contributed by atoms with E-state index >= 15 is 0 Å². The first-order valence-corrected chi connectivity index (χ1v) is 10.5. The molecule has 30 heavy (non-hydrogen) atoms. The molecule has 1 saturated heterocycles. The summed E-state index contributed by atoms with van der Waals surface area (Å²) in [6.45, 7) is 7.93. The molecule has 1 aromatic heterocycles. The number of carbonyl (C=O) groups excluding carboxylic acids is 1. The highest BCUT2D eigenvalue weighted by Crippen LogP contribution is 2.27. The van der Waals surface area contributed by atoms with Crippen molar-refractivity contribution in [2.45, 2.75) is 40.2 Å². The van der Waals surface area contributed by atoms with E-state index in [9.17, 15) is 9.59 Å². The lowest BCUT2D eigenvalue weighted by Gasteiger charge is -2.32. The van der Waals surface area contributed by atoms with Crippen LogP contribution in [0.5, 0.6) is 0 Å². The Morgan fingerprint density at radius 3 is 2.63 bits per heavy atom. The average molecular weight is 405 g/mol. The van der Waals surface area contributed by atoms with Gasteiger partial charge < -0.3 is 10.2 Å². The first kappa shape index (κ1) is 20.1. The monoisotopic (exact) mass is 404 g/mol. The number of carbonyl (C=O) groups is 1. The lowest BCUT2D eigenvalue weighted by atomic mass is 10.00. The molecule has 2 heterocycles. The molecule has 1 aliphatic heterocycles. The maximum absolute atomic E-state index is 12.9. The number of amides is 1. The first-order chi connectivity index (χ1) is 14.4. The number of fused-ring (bicyclic) bond motifs is 1. The molecule has 2 aromatic carbocycles. The number of hydrogen-bond donors (Lipinski definition) is 1. The SMILES string of the molecule is Cc1cc(C)cc(NC(=O)Cn2c(=O)nc(N3CCCC(C)C3)c3ccccc32)c1. The smallest absolute Gasteiger partial charge is 0.350 e. The van der Waals surface area contributed by atoms with Crippen molar-refractivity contribution in [3.63, 3.8) is 0 Å². The summed E-state index contributed by atoms with van der Waals surface area (Å²) in [6, 6.07) is 13.6. The van der Waals surface area contributed by atoms with Crippen molar-refractivity contribution >= 4 is 28.3 Å². The van der Waals surface area contributed by atoms with Gasteiger partial charge in [-0.05, 0) is 68.0 Å². The molecular weight excluding hydrogens is 376 g/mol. The second-order valence-corrected chi connectivity index (χ2v) is 8.44.